The lowest BCUT2D eigenvalue weighted by Gasteiger charge is -2.19. The van der Waals surface area contributed by atoms with Gasteiger partial charge in [-0.25, -0.2) is 9.97 Å². The van der Waals surface area contributed by atoms with Crippen molar-refractivity contribution in [2.75, 3.05) is 12.3 Å². The lowest BCUT2D eigenvalue weighted by atomic mass is 10.3. The third kappa shape index (κ3) is 4.53. The predicted octanol–water partition coefficient (Wildman–Crippen LogP) is 5.11. The van der Waals surface area contributed by atoms with E-state index in [1.807, 2.05) is 24.0 Å². The highest BCUT2D eigenvalue weighted by molar-refractivity contribution is 8.00. The molecule has 0 aliphatic rings. The maximum Gasteiger partial charge on any atom is 0.233 e. The van der Waals surface area contributed by atoms with Crippen molar-refractivity contribution in [3.63, 3.8) is 0 Å². The van der Waals surface area contributed by atoms with Crippen LogP contribution in [0.3, 0.4) is 0 Å². The zero-order valence-electron chi connectivity index (χ0n) is 14.0. The van der Waals surface area contributed by atoms with E-state index in [1.54, 1.807) is 17.7 Å². The van der Waals surface area contributed by atoms with Crippen molar-refractivity contribution < 1.29 is 4.79 Å². The number of rotatable bonds is 7. The highest BCUT2D eigenvalue weighted by Gasteiger charge is 2.16. The van der Waals surface area contributed by atoms with Crippen LogP contribution in [-0.4, -0.2) is 33.1 Å². The zero-order valence-corrected chi connectivity index (χ0v) is 17.2. The van der Waals surface area contributed by atoms with Gasteiger partial charge in [0.2, 0.25) is 5.91 Å². The molecule has 8 heteroatoms. The van der Waals surface area contributed by atoms with Gasteiger partial charge >= 0.3 is 0 Å². The smallest absolute Gasteiger partial charge is 0.233 e. The average molecular weight is 412 g/mol. The third-order valence-corrected chi connectivity index (χ3v) is 7.13. The fourth-order valence-corrected chi connectivity index (χ4v) is 5.37. The molecule has 0 aromatic carbocycles. The van der Waals surface area contributed by atoms with E-state index >= 15 is 0 Å². The molecule has 0 saturated carbocycles. The van der Waals surface area contributed by atoms with Crippen LogP contribution in [0, 0.1) is 0 Å². The number of amides is 1. The Balaban J connectivity index is 1.67. The van der Waals surface area contributed by atoms with Crippen LogP contribution in [0.5, 0.6) is 0 Å². The van der Waals surface area contributed by atoms with Crippen molar-refractivity contribution in [2.45, 2.75) is 31.8 Å². The van der Waals surface area contributed by atoms with Crippen molar-refractivity contribution in [1.29, 1.82) is 0 Å². The summed E-state index contributed by atoms with van der Waals surface area (Å²) in [5.74, 6) is 0.478. The highest BCUT2D eigenvalue weighted by atomic mass is 35.5. The number of nitrogens with zero attached hydrogens (tertiary/aromatic N) is 3. The number of carbonyl (C=O) groups excluding carboxylic acids is 1. The highest BCUT2D eigenvalue weighted by Crippen LogP contribution is 2.31. The molecule has 0 radical (unpaired) electrons. The van der Waals surface area contributed by atoms with Crippen LogP contribution in [0.25, 0.3) is 10.2 Å². The molecule has 0 spiro atoms. The van der Waals surface area contributed by atoms with Crippen molar-refractivity contribution >= 4 is 62.2 Å². The minimum absolute atomic E-state index is 0.106. The monoisotopic (exact) mass is 411 g/mol. The second-order valence-corrected chi connectivity index (χ2v) is 9.25. The summed E-state index contributed by atoms with van der Waals surface area (Å²) in [6.45, 7) is 5.40. The second-order valence-electron chi connectivity index (χ2n) is 5.37. The van der Waals surface area contributed by atoms with Gasteiger partial charge in [-0.1, -0.05) is 30.3 Å². The molecule has 3 rings (SSSR count). The first-order chi connectivity index (χ1) is 12.1. The summed E-state index contributed by atoms with van der Waals surface area (Å²) in [5.41, 5.74) is 0. The lowest BCUT2D eigenvalue weighted by Crippen LogP contribution is -2.31. The second kappa shape index (κ2) is 8.49. The maximum atomic E-state index is 12.6. The number of thiophene rings is 2. The summed E-state index contributed by atoms with van der Waals surface area (Å²) in [5, 5.41) is 1.93. The summed E-state index contributed by atoms with van der Waals surface area (Å²) < 4.78 is 0.750. The molecular weight excluding hydrogens is 394 g/mol. The number of aryl methyl sites for hydroxylation is 1. The van der Waals surface area contributed by atoms with E-state index in [2.05, 4.69) is 23.0 Å². The molecule has 0 bridgehead atoms. The van der Waals surface area contributed by atoms with Gasteiger partial charge in [0.1, 0.15) is 16.2 Å². The van der Waals surface area contributed by atoms with Gasteiger partial charge in [-0.3, -0.25) is 4.79 Å². The minimum atomic E-state index is 0.106. The molecule has 0 N–H and O–H groups in total. The fourth-order valence-electron chi connectivity index (χ4n) is 2.40. The Bertz CT molecular complexity index is 877. The molecule has 0 atom stereocenters. The number of halogens is 1. The Morgan fingerprint density at radius 1 is 1.24 bits per heavy atom. The first-order valence-corrected chi connectivity index (χ1v) is 11.0. The summed E-state index contributed by atoms with van der Waals surface area (Å²) in [6.07, 6.45) is 2.56. The maximum absolute atomic E-state index is 12.6. The molecule has 132 valence electrons. The van der Waals surface area contributed by atoms with Gasteiger partial charge in [-0.05, 0) is 31.5 Å². The summed E-state index contributed by atoms with van der Waals surface area (Å²) in [6, 6.07) is 5.98. The van der Waals surface area contributed by atoms with Crippen molar-refractivity contribution in [3.8, 4) is 0 Å². The van der Waals surface area contributed by atoms with Gasteiger partial charge in [0, 0.05) is 21.7 Å². The van der Waals surface area contributed by atoms with Gasteiger partial charge in [0.25, 0.3) is 0 Å². The molecule has 0 unspecified atom stereocenters. The molecule has 0 aliphatic carbocycles. The number of carbonyl (C=O) groups is 1. The normalized spacial score (nSPS) is 11.2. The SMILES string of the molecule is CCc1cc2c(SCC(=O)N(CC)Cc3ccc(Cl)s3)ncnc2s1. The van der Waals surface area contributed by atoms with Crippen LogP contribution < -0.4 is 0 Å². The molecule has 4 nitrogen and oxygen atoms in total. The lowest BCUT2D eigenvalue weighted by molar-refractivity contribution is -0.128. The van der Waals surface area contributed by atoms with Crippen molar-refractivity contribution in [3.05, 3.63) is 38.6 Å². The van der Waals surface area contributed by atoms with Crippen molar-refractivity contribution in [2.24, 2.45) is 0 Å². The van der Waals surface area contributed by atoms with E-state index in [0.29, 0.717) is 18.8 Å². The van der Waals surface area contributed by atoms with E-state index in [-0.39, 0.29) is 5.91 Å². The van der Waals surface area contributed by atoms with E-state index in [0.717, 1.165) is 30.9 Å². The Morgan fingerprint density at radius 3 is 2.76 bits per heavy atom. The quantitative estimate of drug-likeness (QED) is 0.400. The Morgan fingerprint density at radius 2 is 2.08 bits per heavy atom. The van der Waals surface area contributed by atoms with Crippen LogP contribution in [0.15, 0.2) is 29.6 Å². The topological polar surface area (TPSA) is 46.1 Å². The first kappa shape index (κ1) is 18.6. The third-order valence-electron chi connectivity index (χ3n) is 3.73. The molecule has 3 aromatic heterocycles. The van der Waals surface area contributed by atoms with Crippen LogP contribution in [0.1, 0.15) is 23.6 Å². The number of fused-ring (bicyclic) bond motifs is 1. The number of aromatic nitrogens is 2. The molecule has 3 heterocycles. The molecule has 0 aliphatic heterocycles. The molecular formula is C17H18ClN3OS3. The fraction of sp³-hybridized carbons (Fsp3) is 0.353. The summed E-state index contributed by atoms with van der Waals surface area (Å²) in [7, 11) is 0. The number of hydrogen-bond acceptors (Lipinski definition) is 6. The number of thioether (sulfide) groups is 1. The number of hydrogen-bond donors (Lipinski definition) is 0. The largest absolute Gasteiger partial charge is 0.337 e. The molecule has 25 heavy (non-hydrogen) atoms. The van der Waals surface area contributed by atoms with E-state index in [9.17, 15) is 4.79 Å². The van der Waals surface area contributed by atoms with Crippen LogP contribution >= 0.6 is 46.0 Å². The van der Waals surface area contributed by atoms with Crippen molar-refractivity contribution in [1.82, 2.24) is 14.9 Å². The standard InChI is InChI=1S/C17H18ClN3OS3/c1-3-11-7-13-16(19-10-20-17(13)25-11)23-9-15(22)21(4-2)8-12-5-6-14(18)24-12/h5-7,10H,3-4,8-9H2,1-2H3. The molecule has 0 saturated heterocycles. The van der Waals surface area contributed by atoms with E-state index < -0.39 is 0 Å². The van der Waals surface area contributed by atoms with Crippen LogP contribution in [0.4, 0.5) is 0 Å². The van der Waals surface area contributed by atoms with Gasteiger partial charge in [0.05, 0.1) is 16.6 Å². The molecule has 1 amide bonds. The van der Waals surface area contributed by atoms with Gasteiger partial charge in [0.15, 0.2) is 0 Å². The average Bonchev–Trinajstić information content (AvgIpc) is 3.23. The van der Waals surface area contributed by atoms with Gasteiger partial charge in [-0.2, -0.15) is 0 Å². The first-order valence-electron chi connectivity index (χ1n) is 7.98. The summed E-state index contributed by atoms with van der Waals surface area (Å²) in [4.78, 5) is 26.5. The Kier molecular flexibility index (Phi) is 6.33. The Labute approximate surface area is 164 Å². The molecule has 0 fully saturated rings. The van der Waals surface area contributed by atoms with Gasteiger partial charge in [-0.15, -0.1) is 22.7 Å². The summed E-state index contributed by atoms with van der Waals surface area (Å²) >= 11 is 10.7. The Hall–Kier alpha value is -1.15. The van der Waals surface area contributed by atoms with Crippen LogP contribution in [0.2, 0.25) is 4.34 Å². The van der Waals surface area contributed by atoms with E-state index in [1.165, 1.54) is 28.0 Å². The predicted molar refractivity (Wildman–Crippen MR) is 108 cm³/mol. The van der Waals surface area contributed by atoms with E-state index in [4.69, 9.17) is 11.6 Å². The zero-order chi connectivity index (χ0) is 17.8. The molecule has 3 aromatic rings. The van der Waals surface area contributed by atoms with Gasteiger partial charge < -0.3 is 4.90 Å². The minimum Gasteiger partial charge on any atom is -0.337 e. The van der Waals surface area contributed by atoms with Crippen LogP contribution in [-0.2, 0) is 17.8 Å².